The molecule has 0 spiro atoms. The Hall–Kier alpha value is -1.02. The lowest BCUT2D eigenvalue weighted by molar-refractivity contribution is 0.569. The van der Waals surface area contributed by atoms with E-state index in [4.69, 9.17) is 0 Å². The van der Waals surface area contributed by atoms with Crippen LogP contribution in [0.4, 0.5) is 5.69 Å². The molecule has 0 aromatic heterocycles. The molecule has 88 valence electrons. The van der Waals surface area contributed by atoms with Gasteiger partial charge in [-0.3, -0.25) is 0 Å². The van der Waals surface area contributed by atoms with E-state index in [1.54, 1.807) is 0 Å². The van der Waals surface area contributed by atoms with Crippen molar-refractivity contribution < 1.29 is 0 Å². The third-order valence-electron chi connectivity index (χ3n) is 3.56. The lowest BCUT2D eigenvalue weighted by Crippen LogP contribution is -2.22. The lowest BCUT2D eigenvalue weighted by atomic mass is 10.1. The zero-order chi connectivity index (χ0) is 11.4. The minimum absolute atomic E-state index is 0.891. The first-order valence-corrected chi connectivity index (χ1v) is 6.32. The summed E-state index contributed by atoms with van der Waals surface area (Å²) in [5.41, 5.74) is 2.84. The maximum atomic E-state index is 3.25. The predicted octanol–water partition coefficient (Wildman–Crippen LogP) is 2.64. The Kier molecular flexibility index (Phi) is 3.83. The van der Waals surface area contributed by atoms with Crippen molar-refractivity contribution in [3.8, 4) is 0 Å². The van der Waals surface area contributed by atoms with Gasteiger partial charge in [0.2, 0.25) is 0 Å². The Labute approximate surface area is 98.7 Å². The van der Waals surface area contributed by atoms with Crippen LogP contribution in [-0.2, 0) is 6.54 Å². The molecule has 1 atom stereocenters. The quantitative estimate of drug-likeness (QED) is 0.836. The van der Waals surface area contributed by atoms with Gasteiger partial charge in [-0.2, -0.15) is 0 Å². The Morgan fingerprint density at radius 2 is 2.19 bits per heavy atom. The average molecular weight is 218 g/mol. The maximum Gasteiger partial charge on any atom is 0.0411 e. The SMILES string of the molecule is CCC1CCN(c2ccccc2CNC)C1. The molecule has 1 aromatic carbocycles. The predicted molar refractivity (Wildman–Crippen MR) is 69.8 cm³/mol. The zero-order valence-electron chi connectivity index (χ0n) is 10.4. The van der Waals surface area contributed by atoms with Gasteiger partial charge < -0.3 is 10.2 Å². The van der Waals surface area contributed by atoms with Crippen molar-refractivity contribution in [3.63, 3.8) is 0 Å². The highest BCUT2D eigenvalue weighted by Gasteiger charge is 2.22. The summed E-state index contributed by atoms with van der Waals surface area (Å²) in [5.74, 6) is 0.891. The van der Waals surface area contributed by atoms with Crippen LogP contribution in [-0.4, -0.2) is 20.1 Å². The van der Waals surface area contributed by atoms with Crippen LogP contribution in [0.25, 0.3) is 0 Å². The van der Waals surface area contributed by atoms with Crippen LogP contribution in [0.15, 0.2) is 24.3 Å². The van der Waals surface area contributed by atoms with E-state index in [0.29, 0.717) is 0 Å². The molecule has 0 amide bonds. The molecule has 0 bridgehead atoms. The van der Waals surface area contributed by atoms with Gasteiger partial charge >= 0.3 is 0 Å². The molecule has 1 unspecified atom stereocenters. The highest BCUT2D eigenvalue weighted by Crippen LogP contribution is 2.28. The van der Waals surface area contributed by atoms with E-state index >= 15 is 0 Å². The van der Waals surface area contributed by atoms with Crippen molar-refractivity contribution in [2.75, 3.05) is 25.0 Å². The lowest BCUT2D eigenvalue weighted by Gasteiger charge is -2.22. The first-order chi connectivity index (χ1) is 7.85. The second-order valence-corrected chi connectivity index (χ2v) is 4.67. The molecule has 2 heteroatoms. The van der Waals surface area contributed by atoms with E-state index in [9.17, 15) is 0 Å². The number of hydrogen-bond donors (Lipinski definition) is 1. The number of nitrogens with one attached hydrogen (secondary N) is 1. The van der Waals surface area contributed by atoms with Crippen LogP contribution in [0.3, 0.4) is 0 Å². The largest absolute Gasteiger partial charge is 0.371 e. The molecule has 1 aromatic rings. The Morgan fingerprint density at radius 1 is 1.38 bits per heavy atom. The van der Waals surface area contributed by atoms with Gasteiger partial charge in [-0.25, -0.2) is 0 Å². The van der Waals surface area contributed by atoms with Crippen LogP contribution >= 0.6 is 0 Å². The highest BCUT2D eigenvalue weighted by molar-refractivity contribution is 5.54. The molecule has 1 N–H and O–H groups in total. The fraction of sp³-hybridized carbons (Fsp3) is 0.571. The molecule has 1 aliphatic heterocycles. The van der Waals surface area contributed by atoms with Crippen LogP contribution in [0.5, 0.6) is 0 Å². The van der Waals surface area contributed by atoms with Crippen LogP contribution in [0, 0.1) is 5.92 Å². The summed E-state index contributed by atoms with van der Waals surface area (Å²) < 4.78 is 0. The second-order valence-electron chi connectivity index (χ2n) is 4.67. The normalized spacial score (nSPS) is 20.4. The van der Waals surface area contributed by atoms with Crippen molar-refractivity contribution >= 4 is 5.69 Å². The van der Waals surface area contributed by atoms with E-state index in [0.717, 1.165) is 12.5 Å². The Bertz CT molecular complexity index is 335. The van der Waals surface area contributed by atoms with Crippen molar-refractivity contribution in [1.82, 2.24) is 5.32 Å². The summed E-state index contributed by atoms with van der Waals surface area (Å²) >= 11 is 0. The van der Waals surface area contributed by atoms with Gasteiger partial charge in [0, 0.05) is 25.3 Å². The van der Waals surface area contributed by atoms with Gasteiger partial charge in [0.25, 0.3) is 0 Å². The first kappa shape index (κ1) is 11.5. The summed E-state index contributed by atoms with van der Waals surface area (Å²) in [6.07, 6.45) is 2.66. The van der Waals surface area contributed by atoms with Gasteiger partial charge in [-0.05, 0) is 31.0 Å². The molecule has 0 aliphatic carbocycles. The zero-order valence-corrected chi connectivity index (χ0v) is 10.4. The molecule has 0 radical (unpaired) electrons. The summed E-state index contributed by atoms with van der Waals surface area (Å²) in [4.78, 5) is 2.54. The smallest absolute Gasteiger partial charge is 0.0411 e. The molecule has 1 heterocycles. The minimum Gasteiger partial charge on any atom is -0.371 e. The van der Waals surface area contributed by atoms with Gasteiger partial charge in [-0.15, -0.1) is 0 Å². The van der Waals surface area contributed by atoms with E-state index in [1.807, 2.05) is 7.05 Å². The van der Waals surface area contributed by atoms with Crippen LogP contribution in [0.2, 0.25) is 0 Å². The number of rotatable bonds is 4. The van der Waals surface area contributed by atoms with E-state index in [-0.39, 0.29) is 0 Å². The van der Waals surface area contributed by atoms with Crippen molar-refractivity contribution in [3.05, 3.63) is 29.8 Å². The minimum atomic E-state index is 0.891. The summed E-state index contributed by atoms with van der Waals surface area (Å²) in [6.45, 7) is 5.72. The third kappa shape index (κ3) is 2.38. The number of nitrogens with zero attached hydrogens (tertiary/aromatic N) is 1. The fourth-order valence-electron chi connectivity index (χ4n) is 2.54. The molecule has 1 fully saturated rings. The van der Waals surface area contributed by atoms with E-state index in [1.165, 1.54) is 37.2 Å². The van der Waals surface area contributed by atoms with Gasteiger partial charge in [-0.1, -0.05) is 31.5 Å². The molecular formula is C14H22N2. The third-order valence-corrected chi connectivity index (χ3v) is 3.56. The van der Waals surface area contributed by atoms with Crippen molar-refractivity contribution in [1.29, 1.82) is 0 Å². The molecule has 1 aliphatic rings. The number of para-hydroxylation sites is 1. The first-order valence-electron chi connectivity index (χ1n) is 6.32. The number of anilines is 1. The van der Waals surface area contributed by atoms with E-state index < -0.39 is 0 Å². The van der Waals surface area contributed by atoms with E-state index in [2.05, 4.69) is 41.4 Å². The Balaban J connectivity index is 2.14. The van der Waals surface area contributed by atoms with Gasteiger partial charge in [0.1, 0.15) is 0 Å². The molecule has 2 nitrogen and oxygen atoms in total. The maximum absolute atomic E-state index is 3.25. The molecular weight excluding hydrogens is 196 g/mol. The topological polar surface area (TPSA) is 15.3 Å². The highest BCUT2D eigenvalue weighted by atomic mass is 15.2. The second kappa shape index (κ2) is 5.35. The fourth-order valence-corrected chi connectivity index (χ4v) is 2.54. The molecule has 1 saturated heterocycles. The van der Waals surface area contributed by atoms with Crippen molar-refractivity contribution in [2.24, 2.45) is 5.92 Å². The number of benzene rings is 1. The van der Waals surface area contributed by atoms with Crippen LogP contribution in [0.1, 0.15) is 25.3 Å². The summed E-state index contributed by atoms with van der Waals surface area (Å²) in [5, 5.41) is 3.25. The monoisotopic (exact) mass is 218 g/mol. The molecule has 0 saturated carbocycles. The average Bonchev–Trinajstić information content (AvgIpc) is 2.79. The standard InChI is InChI=1S/C14H22N2/c1-3-12-8-9-16(11-12)14-7-5-4-6-13(14)10-15-2/h4-7,12,15H,3,8-11H2,1-2H3. The summed E-state index contributed by atoms with van der Waals surface area (Å²) in [6, 6.07) is 8.76. The Morgan fingerprint density at radius 3 is 2.88 bits per heavy atom. The van der Waals surface area contributed by atoms with Crippen LogP contribution < -0.4 is 10.2 Å². The van der Waals surface area contributed by atoms with Gasteiger partial charge in [0.15, 0.2) is 0 Å². The number of hydrogen-bond acceptors (Lipinski definition) is 2. The van der Waals surface area contributed by atoms with Gasteiger partial charge in [0.05, 0.1) is 0 Å². The molecule has 16 heavy (non-hydrogen) atoms. The van der Waals surface area contributed by atoms with Crippen molar-refractivity contribution in [2.45, 2.75) is 26.3 Å². The molecule has 2 rings (SSSR count). The summed E-state index contributed by atoms with van der Waals surface area (Å²) in [7, 11) is 2.01.